The largest absolute Gasteiger partial charge is 0.324 e. The molecule has 1 aliphatic rings. The topological polar surface area (TPSA) is 49.4 Å². The Balaban J connectivity index is 0.00000306. The normalized spacial score (nSPS) is 15.7. The number of likely N-dealkylation sites (tertiary alicyclic amines) is 1. The van der Waals surface area contributed by atoms with Crippen molar-refractivity contribution in [3.8, 4) is 0 Å². The average Bonchev–Trinajstić information content (AvgIpc) is 3.26. The maximum atomic E-state index is 13.2. The van der Waals surface area contributed by atoms with Gasteiger partial charge in [0.15, 0.2) is 5.78 Å². The predicted molar refractivity (Wildman–Crippen MR) is 137 cm³/mol. The number of carbonyl (C=O) groups excluding carboxylic acids is 2. The first kappa shape index (κ1) is 25.5. The van der Waals surface area contributed by atoms with Crippen LogP contribution in [0.5, 0.6) is 0 Å². The molecule has 4 rings (SSSR count). The number of ketones is 1. The van der Waals surface area contributed by atoms with Gasteiger partial charge in [0, 0.05) is 22.7 Å². The number of rotatable bonds is 6. The third-order valence-electron chi connectivity index (χ3n) is 5.56. The minimum absolute atomic E-state index is 0. The zero-order chi connectivity index (χ0) is 22.7. The fourth-order valence-electron chi connectivity index (χ4n) is 3.96. The first-order chi connectivity index (χ1) is 15.4. The van der Waals surface area contributed by atoms with Crippen molar-refractivity contribution in [2.75, 3.05) is 11.9 Å². The van der Waals surface area contributed by atoms with Crippen LogP contribution in [0.2, 0.25) is 15.1 Å². The predicted octanol–water partition coefficient (Wildman–Crippen LogP) is 6.90. The molecule has 1 N–H and O–H groups in total. The summed E-state index contributed by atoms with van der Waals surface area (Å²) < 4.78 is 0. The highest BCUT2D eigenvalue weighted by molar-refractivity contribution is 6.42. The van der Waals surface area contributed by atoms with Crippen LogP contribution in [-0.2, 0) is 11.3 Å². The molecule has 1 saturated heterocycles. The number of benzene rings is 3. The second-order valence-corrected chi connectivity index (χ2v) is 9.00. The van der Waals surface area contributed by atoms with Gasteiger partial charge >= 0.3 is 0 Å². The highest BCUT2D eigenvalue weighted by atomic mass is 35.5. The quantitative estimate of drug-likeness (QED) is 0.357. The Hall–Kier alpha value is -2.08. The minimum atomic E-state index is -0.306. The standard InChI is InChI=1S/C25H21Cl3N2O2.ClH/c26-18-9-11-22(19(14-18)24(31)17-5-2-1-3-6-17)29-25(32)23-7-4-12-30(23)15-16-8-10-20(27)21(28)13-16;/h1-3,5-6,8-11,13-14,23H,4,7,12,15H2,(H,29,32);1H/t23-;/m1./s1. The summed E-state index contributed by atoms with van der Waals surface area (Å²) in [4.78, 5) is 28.3. The number of halogens is 4. The van der Waals surface area contributed by atoms with Crippen LogP contribution in [-0.4, -0.2) is 29.2 Å². The molecule has 4 nitrogen and oxygen atoms in total. The van der Waals surface area contributed by atoms with Gasteiger partial charge in [-0.25, -0.2) is 0 Å². The van der Waals surface area contributed by atoms with E-state index in [2.05, 4.69) is 10.2 Å². The van der Waals surface area contributed by atoms with Crippen molar-refractivity contribution in [2.24, 2.45) is 0 Å². The maximum absolute atomic E-state index is 13.2. The molecular weight excluding hydrogens is 502 g/mol. The van der Waals surface area contributed by atoms with Gasteiger partial charge in [-0.15, -0.1) is 12.4 Å². The van der Waals surface area contributed by atoms with Crippen LogP contribution in [0.25, 0.3) is 0 Å². The van der Waals surface area contributed by atoms with Gasteiger partial charge in [0.05, 0.1) is 21.8 Å². The Labute approximate surface area is 214 Å². The van der Waals surface area contributed by atoms with E-state index < -0.39 is 0 Å². The van der Waals surface area contributed by atoms with Crippen LogP contribution >= 0.6 is 47.2 Å². The molecule has 1 aliphatic heterocycles. The molecule has 3 aromatic carbocycles. The van der Waals surface area contributed by atoms with Gasteiger partial charge in [0.2, 0.25) is 5.91 Å². The van der Waals surface area contributed by atoms with Crippen LogP contribution < -0.4 is 5.32 Å². The molecule has 0 saturated carbocycles. The molecule has 1 heterocycles. The summed E-state index contributed by atoms with van der Waals surface area (Å²) in [6.45, 7) is 1.39. The summed E-state index contributed by atoms with van der Waals surface area (Å²) in [6.07, 6.45) is 1.65. The SMILES string of the molecule is Cl.O=C(c1ccccc1)c1cc(Cl)ccc1NC(=O)[C@H]1CCCN1Cc1ccc(Cl)c(Cl)c1. The van der Waals surface area contributed by atoms with Gasteiger partial charge in [-0.05, 0) is 55.3 Å². The van der Waals surface area contributed by atoms with Crippen molar-refractivity contribution in [3.05, 3.63) is 98.5 Å². The van der Waals surface area contributed by atoms with Crippen molar-refractivity contribution in [1.82, 2.24) is 4.90 Å². The molecule has 0 aromatic heterocycles. The van der Waals surface area contributed by atoms with E-state index in [1.54, 1.807) is 48.5 Å². The lowest BCUT2D eigenvalue weighted by molar-refractivity contribution is -0.120. The molecule has 33 heavy (non-hydrogen) atoms. The van der Waals surface area contributed by atoms with E-state index >= 15 is 0 Å². The average molecular weight is 524 g/mol. The van der Waals surface area contributed by atoms with Gasteiger partial charge in [0.25, 0.3) is 0 Å². The number of amides is 1. The summed E-state index contributed by atoms with van der Waals surface area (Å²) in [5.74, 6) is -0.338. The Morgan fingerprint density at radius 2 is 1.70 bits per heavy atom. The van der Waals surface area contributed by atoms with Gasteiger partial charge in [0.1, 0.15) is 0 Å². The third-order valence-corrected chi connectivity index (χ3v) is 6.53. The highest BCUT2D eigenvalue weighted by Gasteiger charge is 2.31. The Morgan fingerprint density at radius 1 is 0.939 bits per heavy atom. The molecule has 0 radical (unpaired) electrons. The van der Waals surface area contributed by atoms with E-state index in [9.17, 15) is 9.59 Å². The molecule has 1 atom stereocenters. The zero-order valence-electron chi connectivity index (χ0n) is 17.6. The monoisotopic (exact) mass is 522 g/mol. The van der Waals surface area contributed by atoms with Gasteiger partial charge in [-0.2, -0.15) is 0 Å². The fourth-order valence-corrected chi connectivity index (χ4v) is 4.45. The van der Waals surface area contributed by atoms with Gasteiger partial charge in [-0.1, -0.05) is 71.2 Å². The highest BCUT2D eigenvalue weighted by Crippen LogP contribution is 2.28. The fraction of sp³-hybridized carbons (Fsp3) is 0.200. The molecule has 0 bridgehead atoms. The molecule has 0 unspecified atom stereocenters. The summed E-state index contributed by atoms with van der Waals surface area (Å²) in [6, 6.07) is 19.1. The van der Waals surface area contributed by atoms with E-state index in [1.807, 2.05) is 18.2 Å². The first-order valence-corrected chi connectivity index (χ1v) is 11.4. The summed E-state index contributed by atoms with van der Waals surface area (Å²) in [5.41, 5.74) is 2.35. The molecule has 0 spiro atoms. The number of hydrogen-bond acceptors (Lipinski definition) is 3. The van der Waals surface area contributed by atoms with Crippen LogP contribution in [0.15, 0.2) is 66.7 Å². The Bertz CT molecular complexity index is 1150. The summed E-state index contributed by atoms with van der Waals surface area (Å²) in [7, 11) is 0. The molecular formula is C25H22Cl4N2O2. The number of nitrogens with zero attached hydrogens (tertiary/aromatic N) is 1. The second-order valence-electron chi connectivity index (χ2n) is 7.75. The van der Waals surface area contributed by atoms with Gasteiger partial charge in [-0.3, -0.25) is 14.5 Å². The molecule has 172 valence electrons. The minimum Gasteiger partial charge on any atom is -0.324 e. The van der Waals surface area contributed by atoms with E-state index in [-0.39, 0.29) is 30.1 Å². The van der Waals surface area contributed by atoms with Crippen molar-refractivity contribution in [3.63, 3.8) is 0 Å². The second kappa shape index (κ2) is 11.4. The number of carbonyl (C=O) groups is 2. The van der Waals surface area contributed by atoms with Gasteiger partial charge < -0.3 is 5.32 Å². The molecule has 1 amide bonds. The maximum Gasteiger partial charge on any atom is 0.241 e. The van der Waals surface area contributed by atoms with E-state index in [4.69, 9.17) is 34.8 Å². The Kier molecular flexibility index (Phi) is 8.80. The van der Waals surface area contributed by atoms with Crippen LogP contribution in [0.3, 0.4) is 0 Å². The van der Waals surface area contributed by atoms with Crippen molar-refractivity contribution in [1.29, 1.82) is 0 Å². The van der Waals surface area contributed by atoms with Crippen LogP contribution in [0, 0.1) is 0 Å². The molecule has 1 fully saturated rings. The van der Waals surface area contributed by atoms with Crippen LogP contribution in [0.4, 0.5) is 5.69 Å². The summed E-state index contributed by atoms with van der Waals surface area (Å²) in [5, 5.41) is 4.39. The van der Waals surface area contributed by atoms with Crippen molar-refractivity contribution in [2.45, 2.75) is 25.4 Å². The van der Waals surface area contributed by atoms with Crippen molar-refractivity contribution >= 4 is 64.6 Å². The molecule has 3 aromatic rings. The van der Waals surface area contributed by atoms with Crippen molar-refractivity contribution < 1.29 is 9.59 Å². The number of nitrogens with one attached hydrogen (secondary N) is 1. The molecule has 8 heteroatoms. The molecule has 0 aliphatic carbocycles. The zero-order valence-corrected chi connectivity index (χ0v) is 20.6. The number of hydrogen-bond donors (Lipinski definition) is 1. The first-order valence-electron chi connectivity index (χ1n) is 10.3. The van der Waals surface area contributed by atoms with E-state index in [1.165, 1.54) is 0 Å². The van der Waals surface area contributed by atoms with E-state index in [0.717, 1.165) is 24.9 Å². The van der Waals surface area contributed by atoms with Crippen LogP contribution in [0.1, 0.15) is 34.3 Å². The van der Waals surface area contributed by atoms with E-state index in [0.29, 0.717) is 38.4 Å². The smallest absolute Gasteiger partial charge is 0.241 e. The number of anilines is 1. The summed E-state index contributed by atoms with van der Waals surface area (Å²) >= 11 is 18.3. The lowest BCUT2D eigenvalue weighted by Gasteiger charge is -2.24. The Morgan fingerprint density at radius 3 is 2.42 bits per heavy atom. The lowest BCUT2D eigenvalue weighted by atomic mass is 10.0. The lowest BCUT2D eigenvalue weighted by Crippen LogP contribution is -2.39. The third kappa shape index (κ3) is 6.08.